The highest BCUT2D eigenvalue weighted by Gasteiger charge is 2.10. The first kappa shape index (κ1) is 13.3. The number of nitrogens with two attached hydrogens (primary N) is 1. The van der Waals surface area contributed by atoms with E-state index in [0.29, 0.717) is 5.92 Å². The Hall–Kier alpha value is -0.730. The molecule has 0 spiro atoms. The molecule has 16 heavy (non-hydrogen) atoms. The van der Waals surface area contributed by atoms with Crippen molar-refractivity contribution in [1.82, 2.24) is 0 Å². The second-order valence-electron chi connectivity index (χ2n) is 4.30. The average molecular weight is 242 g/mol. The van der Waals surface area contributed by atoms with Gasteiger partial charge in [0.2, 0.25) is 0 Å². The van der Waals surface area contributed by atoms with Crippen LogP contribution in [0.25, 0.3) is 0 Å². The molecule has 0 amide bonds. The third-order valence-electron chi connectivity index (χ3n) is 2.79. The monoisotopic (exact) mass is 241 g/mol. The summed E-state index contributed by atoms with van der Waals surface area (Å²) in [6, 6.07) is 4.00. The first-order chi connectivity index (χ1) is 7.58. The van der Waals surface area contributed by atoms with E-state index in [0.717, 1.165) is 35.7 Å². The number of aryl methyl sites for hydroxylation is 1. The number of benzene rings is 1. The van der Waals surface area contributed by atoms with Crippen LogP contribution in [0, 0.1) is 12.8 Å². The van der Waals surface area contributed by atoms with Gasteiger partial charge in [0.05, 0.1) is 7.11 Å². The molecule has 0 bridgehead atoms. The first-order valence-corrected chi connectivity index (χ1v) is 5.99. The average Bonchev–Trinajstić information content (AvgIpc) is 2.23. The zero-order valence-corrected chi connectivity index (χ0v) is 11.0. The minimum Gasteiger partial charge on any atom is -0.496 e. The zero-order valence-electron chi connectivity index (χ0n) is 10.2. The Labute approximate surface area is 103 Å². The molecule has 90 valence electrons. The lowest BCUT2D eigenvalue weighted by atomic mass is 9.96. The summed E-state index contributed by atoms with van der Waals surface area (Å²) in [4.78, 5) is 0. The smallest absolute Gasteiger partial charge is 0.122 e. The summed E-state index contributed by atoms with van der Waals surface area (Å²) in [6.45, 7) is 4.90. The Balaban J connectivity index is 2.89. The molecule has 0 aliphatic carbocycles. The van der Waals surface area contributed by atoms with Crippen molar-refractivity contribution >= 4 is 11.6 Å². The van der Waals surface area contributed by atoms with Crippen molar-refractivity contribution in [3.8, 4) is 5.75 Å². The number of hydrogen-bond donors (Lipinski definition) is 1. The van der Waals surface area contributed by atoms with Gasteiger partial charge < -0.3 is 10.5 Å². The van der Waals surface area contributed by atoms with Crippen molar-refractivity contribution in [2.75, 3.05) is 13.7 Å². The van der Waals surface area contributed by atoms with Crippen molar-refractivity contribution in [3.63, 3.8) is 0 Å². The summed E-state index contributed by atoms with van der Waals surface area (Å²) in [5.74, 6) is 1.48. The normalized spacial score (nSPS) is 12.6. The molecule has 1 aromatic rings. The summed E-state index contributed by atoms with van der Waals surface area (Å²) in [6.07, 6.45) is 1.98. The van der Waals surface area contributed by atoms with Gasteiger partial charge in [0.1, 0.15) is 5.75 Å². The van der Waals surface area contributed by atoms with E-state index >= 15 is 0 Å². The molecule has 2 N–H and O–H groups in total. The van der Waals surface area contributed by atoms with Crippen LogP contribution in [0.5, 0.6) is 5.75 Å². The molecule has 0 aromatic heterocycles. The zero-order chi connectivity index (χ0) is 12.1. The predicted molar refractivity (Wildman–Crippen MR) is 69.3 cm³/mol. The Bertz CT molecular complexity index is 352. The summed E-state index contributed by atoms with van der Waals surface area (Å²) >= 11 is 6.12. The van der Waals surface area contributed by atoms with Crippen LogP contribution < -0.4 is 10.5 Å². The summed E-state index contributed by atoms with van der Waals surface area (Å²) < 4.78 is 5.37. The molecule has 2 nitrogen and oxygen atoms in total. The quantitative estimate of drug-likeness (QED) is 0.860. The molecule has 1 unspecified atom stereocenters. The minimum absolute atomic E-state index is 0.553. The van der Waals surface area contributed by atoms with E-state index < -0.39 is 0 Å². The Morgan fingerprint density at radius 2 is 2.12 bits per heavy atom. The van der Waals surface area contributed by atoms with Gasteiger partial charge in [-0.25, -0.2) is 0 Å². The van der Waals surface area contributed by atoms with Crippen LogP contribution in [-0.2, 0) is 6.42 Å². The number of methoxy groups -OCH3 is 1. The van der Waals surface area contributed by atoms with Gasteiger partial charge in [-0.05, 0) is 55.5 Å². The fourth-order valence-electron chi connectivity index (χ4n) is 1.81. The van der Waals surface area contributed by atoms with Crippen molar-refractivity contribution in [1.29, 1.82) is 0 Å². The van der Waals surface area contributed by atoms with Crippen molar-refractivity contribution < 1.29 is 4.74 Å². The van der Waals surface area contributed by atoms with Gasteiger partial charge in [-0.15, -0.1) is 0 Å². The molecule has 3 heteroatoms. The summed E-state index contributed by atoms with van der Waals surface area (Å²) in [5, 5.41) is 0.802. The standard InChI is InChI=1S/C13H20ClNO/c1-9(4-5-15)6-11-8-12(14)10(2)7-13(11)16-3/h7-9H,4-6,15H2,1-3H3. The van der Waals surface area contributed by atoms with E-state index in [4.69, 9.17) is 22.1 Å². The molecule has 0 fully saturated rings. The fraction of sp³-hybridized carbons (Fsp3) is 0.538. The van der Waals surface area contributed by atoms with Crippen LogP contribution in [0.2, 0.25) is 5.02 Å². The van der Waals surface area contributed by atoms with Crippen LogP contribution in [0.4, 0.5) is 0 Å². The van der Waals surface area contributed by atoms with Gasteiger partial charge in [-0.2, -0.15) is 0 Å². The Kier molecular flexibility index (Phi) is 5.10. The topological polar surface area (TPSA) is 35.2 Å². The van der Waals surface area contributed by atoms with Crippen molar-refractivity contribution in [2.45, 2.75) is 26.7 Å². The first-order valence-electron chi connectivity index (χ1n) is 5.61. The second kappa shape index (κ2) is 6.12. The van der Waals surface area contributed by atoms with Gasteiger partial charge in [0.25, 0.3) is 0 Å². The lowest BCUT2D eigenvalue weighted by Crippen LogP contribution is -2.08. The van der Waals surface area contributed by atoms with Crippen LogP contribution in [0.15, 0.2) is 12.1 Å². The SMILES string of the molecule is COc1cc(C)c(Cl)cc1CC(C)CCN. The maximum absolute atomic E-state index is 6.12. The Morgan fingerprint density at radius 1 is 1.44 bits per heavy atom. The van der Waals surface area contributed by atoms with E-state index in [2.05, 4.69) is 6.92 Å². The minimum atomic E-state index is 0.553. The van der Waals surface area contributed by atoms with E-state index in [1.54, 1.807) is 7.11 Å². The lowest BCUT2D eigenvalue weighted by molar-refractivity contribution is 0.404. The maximum atomic E-state index is 6.12. The molecule has 0 aliphatic rings. The third kappa shape index (κ3) is 3.39. The molecule has 0 aliphatic heterocycles. The van der Waals surface area contributed by atoms with Gasteiger partial charge in [-0.3, -0.25) is 0 Å². The van der Waals surface area contributed by atoms with Crippen LogP contribution in [-0.4, -0.2) is 13.7 Å². The van der Waals surface area contributed by atoms with Gasteiger partial charge in [-0.1, -0.05) is 18.5 Å². The highest BCUT2D eigenvalue weighted by molar-refractivity contribution is 6.31. The molecule has 0 saturated heterocycles. The Morgan fingerprint density at radius 3 is 2.69 bits per heavy atom. The van der Waals surface area contributed by atoms with E-state index in [9.17, 15) is 0 Å². The number of rotatable bonds is 5. The lowest BCUT2D eigenvalue weighted by Gasteiger charge is -2.14. The van der Waals surface area contributed by atoms with Crippen molar-refractivity contribution in [2.24, 2.45) is 11.7 Å². The highest BCUT2D eigenvalue weighted by atomic mass is 35.5. The van der Waals surface area contributed by atoms with Crippen molar-refractivity contribution in [3.05, 3.63) is 28.3 Å². The van der Waals surface area contributed by atoms with E-state index in [1.165, 1.54) is 5.56 Å². The predicted octanol–water partition coefficient (Wildman–Crippen LogP) is 3.18. The molecule has 1 rings (SSSR count). The highest BCUT2D eigenvalue weighted by Crippen LogP contribution is 2.28. The largest absolute Gasteiger partial charge is 0.496 e. The van der Waals surface area contributed by atoms with E-state index in [-0.39, 0.29) is 0 Å². The maximum Gasteiger partial charge on any atom is 0.122 e. The van der Waals surface area contributed by atoms with Crippen LogP contribution in [0.1, 0.15) is 24.5 Å². The summed E-state index contributed by atoms with van der Waals surface area (Å²) in [5.41, 5.74) is 7.77. The third-order valence-corrected chi connectivity index (χ3v) is 3.20. The van der Waals surface area contributed by atoms with Crippen LogP contribution >= 0.6 is 11.6 Å². The molecular formula is C13H20ClNO. The molecule has 1 atom stereocenters. The molecule has 0 heterocycles. The van der Waals surface area contributed by atoms with Gasteiger partial charge >= 0.3 is 0 Å². The molecule has 1 aromatic carbocycles. The second-order valence-corrected chi connectivity index (χ2v) is 4.71. The molecule has 0 saturated carbocycles. The molecular weight excluding hydrogens is 222 g/mol. The number of hydrogen-bond acceptors (Lipinski definition) is 2. The summed E-state index contributed by atoms with van der Waals surface area (Å²) in [7, 11) is 1.69. The van der Waals surface area contributed by atoms with E-state index in [1.807, 2.05) is 19.1 Å². The number of ether oxygens (including phenoxy) is 1. The number of halogens is 1. The fourth-order valence-corrected chi connectivity index (χ4v) is 1.99. The van der Waals surface area contributed by atoms with Gasteiger partial charge in [0.15, 0.2) is 0 Å². The van der Waals surface area contributed by atoms with Gasteiger partial charge in [0, 0.05) is 5.02 Å². The molecule has 0 radical (unpaired) electrons. The van der Waals surface area contributed by atoms with Crippen LogP contribution in [0.3, 0.4) is 0 Å².